The lowest BCUT2D eigenvalue weighted by molar-refractivity contribution is 0.0798. The third-order valence-electron chi connectivity index (χ3n) is 5.25. The third kappa shape index (κ3) is 5.38. The van der Waals surface area contributed by atoms with Crippen molar-refractivity contribution in [3.63, 3.8) is 0 Å². The average molecular weight is 436 g/mol. The zero-order chi connectivity index (χ0) is 21.1. The van der Waals surface area contributed by atoms with E-state index in [1.807, 2.05) is 42.5 Å². The normalized spacial score (nSPS) is 21.1. The van der Waals surface area contributed by atoms with Crippen molar-refractivity contribution >= 4 is 27.5 Å². The lowest BCUT2D eigenvalue weighted by Crippen LogP contribution is -2.50. The van der Waals surface area contributed by atoms with Crippen LogP contribution in [0.4, 0.5) is 0 Å². The van der Waals surface area contributed by atoms with Gasteiger partial charge >= 0.3 is 0 Å². The molecule has 2 atom stereocenters. The van der Waals surface area contributed by atoms with Crippen LogP contribution in [-0.4, -0.2) is 36.9 Å². The molecule has 0 saturated heterocycles. The molecule has 1 unspecified atom stereocenters. The molecule has 1 N–H and O–H groups in total. The number of aliphatic hydroxyl groups excluding tert-OH is 1. The highest BCUT2D eigenvalue weighted by molar-refractivity contribution is 7.91. The summed E-state index contributed by atoms with van der Waals surface area (Å²) in [6.07, 6.45) is 1.12. The maximum Gasteiger partial charge on any atom is 0.263 e. The van der Waals surface area contributed by atoms with Crippen LogP contribution in [0.2, 0.25) is 5.02 Å². The Morgan fingerprint density at radius 1 is 1.14 bits per heavy atom. The minimum Gasteiger partial charge on any atom is -0.473 e. The summed E-state index contributed by atoms with van der Waals surface area (Å²) in [5, 5.41) is 9.26. The minimum atomic E-state index is -3.76. The monoisotopic (exact) mass is 435 g/mol. The van der Waals surface area contributed by atoms with E-state index in [1.165, 1.54) is 0 Å². The van der Waals surface area contributed by atoms with E-state index in [0.29, 0.717) is 24.3 Å². The van der Waals surface area contributed by atoms with Gasteiger partial charge in [-0.25, -0.2) is 8.42 Å². The lowest BCUT2D eigenvalue weighted by Gasteiger charge is -2.37. The Hall–Kier alpha value is -1.89. The number of hydrogen-bond donors (Lipinski definition) is 1. The van der Waals surface area contributed by atoms with Gasteiger partial charge in [0.2, 0.25) is 5.90 Å². The minimum absolute atomic E-state index is 0.00216. The Balaban J connectivity index is 1.85. The molecule has 0 fully saturated rings. The van der Waals surface area contributed by atoms with Crippen LogP contribution in [0.3, 0.4) is 0 Å². The van der Waals surface area contributed by atoms with E-state index in [4.69, 9.17) is 16.3 Å². The summed E-state index contributed by atoms with van der Waals surface area (Å²) < 4.78 is 36.1. The molecule has 0 saturated carbocycles. The van der Waals surface area contributed by atoms with Crippen LogP contribution >= 0.6 is 11.6 Å². The second-order valence-electron chi connectivity index (χ2n) is 7.85. The number of hydrogen-bond acceptors (Lipinski definition) is 4. The maximum atomic E-state index is 13.0. The Bertz CT molecular complexity index is 956. The molecule has 0 aromatic heterocycles. The van der Waals surface area contributed by atoms with Crippen LogP contribution in [0.5, 0.6) is 0 Å². The van der Waals surface area contributed by atoms with Gasteiger partial charge in [0, 0.05) is 18.1 Å². The first-order valence-electron chi connectivity index (χ1n) is 9.63. The molecule has 0 spiro atoms. The summed E-state index contributed by atoms with van der Waals surface area (Å²) in [6, 6.07) is 16.8. The van der Waals surface area contributed by atoms with Crippen molar-refractivity contribution in [1.82, 2.24) is 0 Å². The highest BCUT2D eigenvalue weighted by atomic mass is 35.5. The summed E-state index contributed by atoms with van der Waals surface area (Å²) in [4.78, 5) is 0. The maximum absolute atomic E-state index is 13.0. The van der Waals surface area contributed by atoms with Gasteiger partial charge in [-0.2, -0.15) is 0 Å². The van der Waals surface area contributed by atoms with Gasteiger partial charge in [-0.05, 0) is 55.9 Å². The highest BCUT2D eigenvalue weighted by Gasteiger charge is 2.46. The molecular formula is C22H26ClNO4S. The molecule has 2 aromatic carbocycles. The molecule has 3 rings (SSSR count). The van der Waals surface area contributed by atoms with Crippen LogP contribution in [0.1, 0.15) is 43.7 Å². The summed E-state index contributed by atoms with van der Waals surface area (Å²) in [7, 11) is -3.76. The van der Waals surface area contributed by atoms with Crippen LogP contribution < -0.4 is 0 Å². The summed E-state index contributed by atoms with van der Waals surface area (Å²) in [5.41, 5.74) is 0.947. The molecule has 5 nitrogen and oxygen atoms in total. The van der Waals surface area contributed by atoms with Crippen LogP contribution in [-0.2, 0) is 21.2 Å². The fraction of sp³-hybridized carbons (Fsp3) is 0.409. The summed E-state index contributed by atoms with van der Waals surface area (Å²) in [6.45, 7) is 3.56. The van der Waals surface area contributed by atoms with Crippen molar-refractivity contribution in [2.45, 2.75) is 49.9 Å². The molecule has 0 aliphatic carbocycles. The molecule has 0 amide bonds. The van der Waals surface area contributed by atoms with Gasteiger partial charge in [-0.1, -0.05) is 54.1 Å². The van der Waals surface area contributed by atoms with Crippen LogP contribution in [0.15, 0.2) is 59.0 Å². The fourth-order valence-corrected chi connectivity index (χ4v) is 5.51. The van der Waals surface area contributed by atoms with E-state index in [9.17, 15) is 13.5 Å². The van der Waals surface area contributed by atoms with Crippen molar-refractivity contribution in [3.05, 3.63) is 70.7 Å². The standard InChI is InChI=1S/C22H26ClNO4S/c1-22(2)20(14-16-8-10-19(23)11-9-16)29(26,27)24-21(28-22)15-18(12-13-25)17-6-4-3-5-7-17/h3-11,18,20,25H,12-15H2,1-2H3/t18-,20?/m1/s1. The highest BCUT2D eigenvalue weighted by Crippen LogP contribution is 2.34. The largest absolute Gasteiger partial charge is 0.473 e. The topological polar surface area (TPSA) is 76.0 Å². The predicted octanol–water partition coefficient (Wildman–Crippen LogP) is 4.34. The van der Waals surface area contributed by atoms with E-state index >= 15 is 0 Å². The molecule has 1 heterocycles. The SMILES string of the molecule is CC1(C)OC(C[C@@H](CCO)c2ccccc2)=NS(=O)(=O)C1Cc1ccc(Cl)cc1. The number of benzene rings is 2. The Morgan fingerprint density at radius 3 is 2.38 bits per heavy atom. The Morgan fingerprint density at radius 2 is 1.79 bits per heavy atom. The number of halogens is 1. The van der Waals surface area contributed by atoms with Crippen LogP contribution in [0, 0.1) is 0 Å². The molecule has 1 aliphatic heterocycles. The number of aliphatic hydroxyl groups is 1. The molecule has 0 bridgehead atoms. The Kier molecular flexibility index (Phi) is 6.66. The zero-order valence-corrected chi connectivity index (χ0v) is 18.2. The first-order valence-corrected chi connectivity index (χ1v) is 11.5. The van der Waals surface area contributed by atoms with E-state index in [2.05, 4.69) is 4.40 Å². The van der Waals surface area contributed by atoms with Gasteiger partial charge in [-0.3, -0.25) is 0 Å². The van der Waals surface area contributed by atoms with Crippen molar-refractivity contribution < 1.29 is 18.3 Å². The quantitative estimate of drug-likeness (QED) is 0.701. The number of ether oxygens (including phenoxy) is 1. The number of rotatable bonds is 7. The second kappa shape index (κ2) is 8.86. The van der Waals surface area contributed by atoms with Crippen molar-refractivity contribution in [1.29, 1.82) is 0 Å². The fourth-order valence-electron chi connectivity index (χ4n) is 3.70. The van der Waals surface area contributed by atoms with E-state index in [1.54, 1.807) is 26.0 Å². The average Bonchev–Trinajstić information content (AvgIpc) is 2.66. The molecular weight excluding hydrogens is 410 g/mol. The molecule has 156 valence electrons. The van der Waals surface area contributed by atoms with Gasteiger partial charge in [-0.15, -0.1) is 4.40 Å². The van der Waals surface area contributed by atoms with Gasteiger partial charge in [0.1, 0.15) is 10.9 Å². The van der Waals surface area contributed by atoms with Gasteiger partial charge in [0.15, 0.2) is 0 Å². The van der Waals surface area contributed by atoms with E-state index in [-0.39, 0.29) is 18.4 Å². The summed E-state index contributed by atoms with van der Waals surface area (Å²) in [5.74, 6) is 0.128. The zero-order valence-electron chi connectivity index (χ0n) is 16.6. The lowest BCUT2D eigenvalue weighted by atomic mass is 9.92. The first kappa shape index (κ1) is 21.8. The van der Waals surface area contributed by atoms with Gasteiger partial charge in [0.25, 0.3) is 10.0 Å². The molecule has 1 aliphatic rings. The molecule has 0 radical (unpaired) electrons. The van der Waals surface area contributed by atoms with Gasteiger partial charge in [0.05, 0.1) is 0 Å². The van der Waals surface area contributed by atoms with Crippen molar-refractivity contribution in [2.75, 3.05) is 6.61 Å². The predicted molar refractivity (Wildman–Crippen MR) is 116 cm³/mol. The molecule has 2 aromatic rings. The van der Waals surface area contributed by atoms with E-state index in [0.717, 1.165) is 11.1 Å². The Labute approximate surface area is 177 Å². The first-order chi connectivity index (χ1) is 13.7. The molecule has 7 heteroatoms. The van der Waals surface area contributed by atoms with Crippen molar-refractivity contribution in [2.24, 2.45) is 4.40 Å². The molecule has 29 heavy (non-hydrogen) atoms. The smallest absolute Gasteiger partial charge is 0.263 e. The van der Waals surface area contributed by atoms with Gasteiger partial charge < -0.3 is 9.84 Å². The number of sulfonamides is 1. The second-order valence-corrected chi connectivity index (χ2v) is 10.1. The van der Waals surface area contributed by atoms with Crippen molar-refractivity contribution in [3.8, 4) is 0 Å². The third-order valence-corrected chi connectivity index (χ3v) is 7.41. The van der Waals surface area contributed by atoms with E-state index < -0.39 is 20.9 Å². The summed E-state index contributed by atoms with van der Waals surface area (Å²) >= 11 is 5.93. The van der Waals surface area contributed by atoms with Crippen LogP contribution in [0.25, 0.3) is 0 Å². The number of nitrogens with zero attached hydrogens (tertiary/aromatic N) is 1.